The molecule has 0 spiro atoms. The van der Waals surface area contributed by atoms with Crippen LogP contribution in [0.15, 0.2) is 35.6 Å². The number of nitrogens with one attached hydrogen (secondary N) is 2. The van der Waals surface area contributed by atoms with E-state index in [0.29, 0.717) is 6.54 Å². The van der Waals surface area contributed by atoms with Gasteiger partial charge in [-0.1, -0.05) is 31.2 Å². The second-order valence-corrected chi connectivity index (χ2v) is 4.70. The Morgan fingerprint density at radius 1 is 1.18 bits per heavy atom. The normalized spacial score (nSPS) is 11.0. The summed E-state index contributed by atoms with van der Waals surface area (Å²) >= 11 is 0. The first-order valence-corrected chi connectivity index (χ1v) is 7.08. The number of guanidine groups is 1. The molecule has 0 aliphatic carbocycles. The van der Waals surface area contributed by atoms with Crippen molar-refractivity contribution in [3.63, 3.8) is 0 Å². The summed E-state index contributed by atoms with van der Waals surface area (Å²) in [7, 11) is 3.63. The summed E-state index contributed by atoms with van der Waals surface area (Å²) < 4.78 is 1.74. The van der Waals surface area contributed by atoms with Crippen molar-refractivity contribution in [2.45, 2.75) is 26.4 Å². The second-order valence-electron chi connectivity index (χ2n) is 4.70. The molecule has 1 aromatic carbocycles. The van der Waals surface area contributed by atoms with E-state index >= 15 is 0 Å². The zero-order chi connectivity index (χ0) is 15.1. The molecule has 120 valence electrons. The summed E-state index contributed by atoms with van der Waals surface area (Å²) in [6.07, 6.45) is 2.58. The van der Waals surface area contributed by atoms with Crippen molar-refractivity contribution >= 4 is 29.9 Å². The third-order valence-corrected chi connectivity index (χ3v) is 3.39. The van der Waals surface area contributed by atoms with Crippen LogP contribution in [0.4, 0.5) is 0 Å². The van der Waals surface area contributed by atoms with Gasteiger partial charge in [0.25, 0.3) is 0 Å². The van der Waals surface area contributed by atoms with Crippen molar-refractivity contribution in [1.82, 2.24) is 25.4 Å². The third-order valence-electron chi connectivity index (χ3n) is 3.39. The lowest BCUT2D eigenvalue weighted by Gasteiger charge is -2.13. The summed E-state index contributed by atoms with van der Waals surface area (Å²) in [5, 5.41) is 10.6. The van der Waals surface area contributed by atoms with Crippen molar-refractivity contribution in [1.29, 1.82) is 0 Å². The van der Waals surface area contributed by atoms with Crippen LogP contribution in [0.1, 0.15) is 23.9 Å². The number of aliphatic imine (C=N–C) groups is 1. The van der Waals surface area contributed by atoms with Crippen LogP contribution in [-0.2, 0) is 26.6 Å². The summed E-state index contributed by atoms with van der Waals surface area (Å²) in [5.74, 6) is 1.62. The molecule has 2 aromatic rings. The molecule has 0 unspecified atom stereocenters. The van der Waals surface area contributed by atoms with Gasteiger partial charge in [0.15, 0.2) is 5.96 Å². The number of benzene rings is 1. The predicted octanol–water partition coefficient (Wildman–Crippen LogP) is 1.86. The number of hydrogen-bond donors (Lipinski definition) is 2. The molecule has 1 heterocycles. The lowest BCUT2D eigenvalue weighted by Crippen LogP contribution is -2.37. The van der Waals surface area contributed by atoms with Gasteiger partial charge in [0.05, 0.1) is 6.54 Å². The third kappa shape index (κ3) is 4.97. The number of aryl methyl sites for hydroxylation is 2. The highest BCUT2D eigenvalue weighted by atomic mass is 127. The molecule has 0 saturated heterocycles. The van der Waals surface area contributed by atoms with E-state index in [1.807, 2.05) is 7.05 Å². The lowest BCUT2D eigenvalue weighted by molar-refractivity contribution is 0.672. The summed E-state index contributed by atoms with van der Waals surface area (Å²) in [5.41, 5.74) is 2.65. The van der Waals surface area contributed by atoms with Gasteiger partial charge < -0.3 is 10.6 Å². The molecule has 0 aliphatic heterocycles. The van der Waals surface area contributed by atoms with Gasteiger partial charge in [0.1, 0.15) is 12.2 Å². The Hall–Kier alpha value is -1.64. The lowest BCUT2D eigenvalue weighted by atomic mass is 10.1. The van der Waals surface area contributed by atoms with Crippen molar-refractivity contribution in [3.8, 4) is 0 Å². The Balaban J connectivity index is 0.00000242. The smallest absolute Gasteiger partial charge is 0.191 e. The molecule has 7 heteroatoms. The quantitative estimate of drug-likeness (QED) is 0.446. The maximum absolute atomic E-state index is 4.22. The number of rotatable bonds is 5. The summed E-state index contributed by atoms with van der Waals surface area (Å²) in [4.78, 5) is 8.40. The minimum atomic E-state index is 0. The van der Waals surface area contributed by atoms with E-state index in [1.165, 1.54) is 11.1 Å². The number of nitrogens with zero attached hydrogens (tertiary/aromatic N) is 4. The highest BCUT2D eigenvalue weighted by Gasteiger charge is 2.04. The zero-order valence-corrected chi connectivity index (χ0v) is 15.5. The molecule has 0 aliphatic rings. The Kier molecular flexibility index (Phi) is 7.86. The van der Waals surface area contributed by atoms with Gasteiger partial charge in [-0.15, -0.1) is 24.0 Å². The Labute approximate surface area is 148 Å². The molecule has 0 radical (unpaired) electrons. The van der Waals surface area contributed by atoms with Gasteiger partial charge in [-0.2, -0.15) is 5.10 Å². The maximum atomic E-state index is 4.22. The van der Waals surface area contributed by atoms with Gasteiger partial charge in [0.2, 0.25) is 0 Å². The van der Waals surface area contributed by atoms with Crippen LogP contribution >= 0.6 is 24.0 Å². The molecule has 0 fully saturated rings. The van der Waals surface area contributed by atoms with Gasteiger partial charge >= 0.3 is 0 Å². The minimum absolute atomic E-state index is 0. The average Bonchev–Trinajstić information content (AvgIpc) is 2.93. The molecular formula is C15H23IN6. The zero-order valence-electron chi connectivity index (χ0n) is 13.2. The van der Waals surface area contributed by atoms with Crippen molar-refractivity contribution < 1.29 is 0 Å². The topological polar surface area (TPSA) is 67.1 Å². The van der Waals surface area contributed by atoms with E-state index in [9.17, 15) is 0 Å². The first-order valence-electron chi connectivity index (χ1n) is 7.08. The fraction of sp³-hybridized carbons (Fsp3) is 0.400. The van der Waals surface area contributed by atoms with Gasteiger partial charge in [-0.3, -0.25) is 9.67 Å². The van der Waals surface area contributed by atoms with Crippen LogP contribution in [0.2, 0.25) is 0 Å². The van der Waals surface area contributed by atoms with Crippen molar-refractivity contribution in [3.05, 3.63) is 47.5 Å². The predicted molar refractivity (Wildman–Crippen MR) is 99.3 cm³/mol. The second kappa shape index (κ2) is 9.39. The van der Waals surface area contributed by atoms with E-state index in [2.05, 4.69) is 56.9 Å². The number of hydrogen-bond acceptors (Lipinski definition) is 3. The van der Waals surface area contributed by atoms with Crippen LogP contribution in [0.5, 0.6) is 0 Å². The SMILES string of the molecule is CCc1ccccc1CNC(=NC)NCc1ncnn1C.I. The van der Waals surface area contributed by atoms with Crippen LogP contribution < -0.4 is 10.6 Å². The minimum Gasteiger partial charge on any atom is -0.352 e. The summed E-state index contributed by atoms with van der Waals surface area (Å²) in [6, 6.07) is 8.43. The monoisotopic (exact) mass is 414 g/mol. The number of halogens is 1. The first-order chi connectivity index (χ1) is 10.2. The molecule has 1 aromatic heterocycles. The Morgan fingerprint density at radius 3 is 2.45 bits per heavy atom. The van der Waals surface area contributed by atoms with Crippen LogP contribution in [0.3, 0.4) is 0 Å². The molecular weight excluding hydrogens is 391 g/mol. The van der Waals surface area contributed by atoms with Crippen molar-refractivity contribution in [2.75, 3.05) is 7.05 Å². The van der Waals surface area contributed by atoms with Crippen molar-refractivity contribution in [2.24, 2.45) is 12.0 Å². The molecule has 2 N–H and O–H groups in total. The van der Waals surface area contributed by atoms with Crippen LogP contribution in [0.25, 0.3) is 0 Å². The largest absolute Gasteiger partial charge is 0.352 e. The fourth-order valence-electron chi connectivity index (χ4n) is 2.12. The fourth-order valence-corrected chi connectivity index (χ4v) is 2.12. The van der Waals surface area contributed by atoms with E-state index in [4.69, 9.17) is 0 Å². The van der Waals surface area contributed by atoms with Gasteiger partial charge in [0, 0.05) is 20.6 Å². The highest BCUT2D eigenvalue weighted by Crippen LogP contribution is 2.08. The molecule has 0 bridgehead atoms. The maximum Gasteiger partial charge on any atom is 0.191 e. The molecule has 6 nitrogen and oxygen atoms in total. The molecule has 0 saturated carbocycles. The average molecular weight is 414 g/mol. The molecule has 22 heavy (non-hydrogen) atoms. The van der Waals surface area contributed by atoms with E-state index in [0.717, 1.165) is 24.7 Å². The molecule has 0 amide bonds. The number of aromatic nitrogens is 3. The Bertz CT molecular complexity index is 608. The summed E-state index contributed by atoms with van der Waals surface area (Å²) in [6.45, 7) is 3.51. The van der Waals surface area contributed by atoms with Gasteiger partial charge in [-0.05, 0) is 17.5 Å². The highest BCUT2D eigenvalue weighted by molar-refractivity contribution is 14.0. The van der Waals surface area contributed by atoms with E-state index in [-0.39, 0.29) is 24.0 Å². The first kappa shape index (κ1) is 18.4. The Morgan fingerprint density at radius 2 is 1.86 bits per heavy atom. The molecule has 2 rings (SSSR count). The van der Waals surface area contributed by atoms with Gasteiger partial charge in [-0.25, -0.2) is 4.98 Å². The standard InChI is InChI=1S/C15H22N6.HI/c1-4-12-7-5-6-8-13(12)9-17-15(16-2)18-10-14-19-11-20-21(14)3;/h5-8,11H,4,9-10H2,1-3H3,(H2,16,17,18);1H. The molecule has 0 atom stereocenters. The van der Waals surface area contributed by atoms with Crippen LogP contribution in [-0.4, -0.2) is 27.8 Å². The van der Waals surface area contributed by atoms with E-state index < -0.39 is 0 Å². The van der Waals surface area contributed by atoms with Crippen LogP contribution in [0, 0.1) is 0 Å². The van der Waals surface area contributed by atoms with E-state index in [1.54, 1.807) is 18.1 Å².